The van der Waals surface area contributed by atoms with Crippen molar-refractivity contribution >= 4 is 22.7 Å². The Labute approximate surface area is 167 Å². The molecule has 4 rings (SSSR count). The Balaban J connectivity index is 1.54. The fourth-order valence-corrected chi connectivity index (χ4v) is 3.34. The molecule has 4 aromatic rings. The molecule has 0 fully saturated rings. The summed E-state index contributed by atoms with van der Waals surface area (Å²) in [5, 5.41) is 1.02. The molecular formula is C22H19ClFN3O. The first kappa shape index (κ1) is 18.5. The minimum absolute atomic E-state index is 0.212. The number of pyridine rings is 1. The third-order valence-corrected chi connectivity index (χ3v) is 4.75. The van der Waals surface area contributed by atoms with Crippen LogP contribution in [0.15, 0.2) is 73.1 Å². The Morgan fingerprint density at radius 3 is 2.71 bits per heavy atom. The fourth-order valence-electron chi connectivity index (χ4n) is 3.19. The SMILES string of the molecule is Fc1ccc(CCn2ccc3c(Oc4cc(CNCl)ccn4)cccc32)cc1. The van der Waals surface area contributed by atoms with Crippen LogP contribution in [0.3, 0.4) is 0 Å². The molecule has 1 N–H and O–H groups in total. The van der Waals surface area contributed by atoms with Crippen molar-refractivity contribution in [3.63, 3.8) is 0 Å². The van der Waals surface area contributed by atoms with Gasteiger partial charge in [0.05, 0.1) is 5.52 Å². The maximum atomic E-state index is 13.1. The van der Waals surface area contributed by atoms with Crippen LogP contribution >= 0.6 is 11.8 Å². The Kier molecular flexibility index (Phi) is 5.55. The Bertz CT molecular complexity index is 1080. The van der Waals surface area contributed by atoms with Crippen LogP contribution in [0.2, 0.25) is 0 Å². The topological polar surface area (TPSA) is 39.1 Å². The van der Waals surface area contributed by atoms with Crippen molar-refractivity contribution < 1.29 is 9.13 Å². The predicted molar refractivity (Wildman–Crippen MR) is 109 cm³/mol. The van der Waals surface area contributed by atoms with E-state index >= 15 is 0 Å². The molecule has 0 saturated heterocycles. The minimum atomic E-state index is -0.212. The van der Waals surface area contributed by atoms with Gasteiger partial charge < -0.3 is 9.30 Å². The normalized spacial score (nSPS) is 11.1. The zero-order chi connectivity index (χ0) is 19.3. The Morgan fingerprint density at radius 1 is 1.04 bits per heavy atom. The van der Waals surface area contributed by atoms with Crippen molar-refractivity contribution in [2.24, 2.45) is 0 Å². The Hall–Kier alpha value is -2.89. The van der Waals surface area contributed by atoms with Crippen LogP contribution in [0.1, 0.15) is 11.1 Å². The standard InChI is InChI=1S/C22H19ClFN3O/c23-26-15-17-8-11-25-22(14-17)28-21-3-1-2-20-19(21)10-13-27(20)12-9-16-4-6-18(24)7-5-16/h1-8,10-11,13-14,26H,9,12,15H2. The summed E-state index contributed by atoms with van der Waals surface area (Å²) < 4.78 is 21.3. The van der Waals surface area contributed by atoms with E-state index in [1.807, 2.05) is 48.7 Å². The smallest absolute Gasteiger partial charge is 0.219 e. The molecule has 0 aliphatic rings. The average Bonchev–Trinajstić information content (AvgIpc) is 3.12. The average molecular weight is 396 g/mol. The van der Waals surface area contributed by atoms with E-state index in [-0.39, 0.29) is 5.82 Å². The summed E-state index contributed by atoms with van der Waals surface area (Å²) in [5.74, 6) is 1.06. The first-order chi connectivity index (χ1) is 13.7. The highest BCUT2D eigenvalue weighted by Crippen LogP contribution is 2.30. The summed E-state index contributed by atoms with van der Waals surface area (Å²) in [6, 6.07) is 18.4. The summed E-state index contributed by atoms with van der Waals surface area (Å²) in [6.07, 6.45) is 4.57. The van der Waals surface area contributed by atoms with E-state index in [4.69, 9.17) is 16.5 Å². The zero-order valence-electron chi connectivity index (χ0n) is 15.1. The predicted octanol–water partition coefficient (Wildman–Crippen LogP) is 5.45. The number of aromatic nitrogens is 2. The quantitative estimate of drug-likeness (QED) is 0.423. The number of fused-ring (bicyclic) bond motifs is 1. The Morgan fingerprint density at radius 2 is 1.89 bits per heavy atom. The summed E-state index contributed by atoms with van der Waals surface area (Å²) in [4.78, 5) is 6.89. The molecular weight excluding hydrogens is 377 g/mol. The summed E-state index contributed by atoms with van der Waals surface area (Å²) >= 11 is 5.58. The van der Waals surface area contributed by atoms with Gasteiger partial charge >= 0.3 is 0 Å². The molecule has 2 aromatic carbocycles. The van der Waals surface area contributed by atoms with Gasteiger partial charge in [-0.3, -0.25) is 0 Å². The van der Waals surface area contributed by atoms with Crippen molar-refractivity contribution in [3.05, 3.63) is 90.0 Å². The van der Waals surface area contributed by atoms with Crippen LogP contribution in [-0.4, -0.2) is 9.55 Å². The van der Waals surface area contributed by atoms with Crippen LogP contribution in [0.5, 0.6) is 11.6 Å². The van der Waals surface area contributed by atoms with E-state index in [2.05, 4.69) is 20.5 Å². The van der Waals surface area contributed by atoms with Crippen LogP contribution in [0.25, 0.3) is 10.9 Å². The lowest BCUT2D eigenvalue weighted by atomic mass is 10.1. The van der Waals surface area contributed by atoms with Gasteiger partial charge in [-0.25, -0.2) is 14.2 Å². The number of ether oxygens (including phenoxy) is 1. The molecule has 0 saturated carbocycles. The van der Waals surface area contributed by atoms with Crippen molar-refractivity contribution in [3.8, 4) is 11.6 Å². The molecule has 2 heterocycles. The van der Waals surface area contributed by atoms with Gasteiger partial charge in [-0.05, 0) is 65.7 Å². The van der Waals surface area contributed by atoms with E-state index in [9.17, 15) is 4.39 Å². The van der Waals surface area contributed by atoms with Gasteiger partial charge in [-0.15, -0.1) is 0 Å². The molecule has 6 heteroatoms. The largest absolute Gasteiger partial charge is 0.438 e. The molecule has 0 unspecified atom stereocenters. The van der Waals surface area contributed by atoms with Gasteiger partial charge in [0, 0.05) is 36.9 Å². The van der Waals surface area contributed by atoms with Crippen LogP contribution < -0.4 is 9.57 Å². The molecule has 0 aliphatic heterocycles. The second-order valence-electron chi connectivity index (χ2n) is 6.49. The van der Waals surface area contributed by atoms with Crippen molar-refractivity contribution in [1.29, 1.82) is 0 Å². The molecule has 2 aromatic heterocycles. The lowest BCUT2D eigenvalue weighted by molar-refractivity contribution is 0.467. The van der Waals surface area contributed by atoms with E-state index in [0.29, 0.717) is 12.4 Å². The lowest BCUT2D eigenvalue weighted by Crippen LogP contribution is -2.00. The van der Waals surface area contributed by atoms with E-state index in [0.717, 1.165) is 40.7 Å². The number of halogens is 2. The molecule has 0 amide bonds. The van der Waals surface area contributed by atoms with Crippen LogP contribution in [0.4, 0.5) is 4.39 Å². The maximum absolute atomic E-state index is 13.1. The number of aryl methyl sites for hydroxylation is 2. The van der Waals surface area contributed by atoms with Gasteiger partial charge in [0.25, 0.3) is 0 Å². The highest BCUT2D eigenvalue weighted by atomic mass is 35.5. The number of rotatable bonds is 7. The molecule has 28 heavy (non-hydrogen) atoms. The molecule has 0 radical (unpaired) electrons. The van der Waals surface area contributed by atoms with Crippen molar-refractivity contribution in [2.45, 2.75) is 19.5 Å². The van der Waals surface area contributed by atoms with Crippen LogP contribution in [0, 0.1) is 5.82 Å². The van der Waals surface area contributed by atoms with Gasteiger partial charge in [0.15, 0.2) is 0 Å². The highest BCUT2D eigenvalue weighted by Gasteiger charge is 2.09. The summed E-state index contributed by atoms with van der Waals surface area (Å²) in [5.41, 5.74) is 3.17. The number of benzene rings is 2. The van der Waals surface area contributed by atoms with E-state index in [1.54, 1.807) is 6.20 Å². The van der Waals surface area contributed by atoms with Crippen molar-refractivity contribution in [2.75, 3.05) is 0 Å². The number of hydrogen-bond donors (Lipinski definition) is 1. The van der Waals surface area contributed by atoms with Crippen LogP contribution in [-0.2, 0) is 19.5 Å². The zero-order valence-corrected chi connectivity index (χ0v) is 15.9. The van der Waals surface area contributed by atoms with E-state index < -0.39 is 0 Å². The van der Waals surface area contributed by atoms with Crippen molar-refractivity contribution in [1.82, 2.24) is 14.4 Å². The first-order valence-electron chi connectivity index (χ1n) is 9.01. The highest BCUT2D eigenvalue weighted by molar-refractivity contribution is 6.13. The molecule has 0 atom stereocenters. The first-order valence-corrected chi connectivity index (χ1v) is 9.39. The number of nitrogens with zero attached hydrogens (tertiary/aromatic N) is 2. The molecule has 0 aliphatic carbocycles. The molecule has 0 bridgehead atoms. The molecule has 142 valence electrons. The van der Waals surface area contributed by atoms with Gasteiger partial charge in [-0.2, -0.15) is 0 Å². The number of hydrogen-bond acceptors (Lipinski definition) is 3. The molecule has 4 nitrogen and oxygen atoms in total. The summed E-state index contributed by atoms with van der Waals surface area (Å²) in [6.45, 7) is 1.33. The second kappa shape index (κ2) is 8.42. The fraction of sp³-hybridized carbons (Fsp3) is 0.136. The third-order valence-electron chi connectivity index (χ3n) is 4.61. The second-order valence-corrected chi connectivity index (χ2v) is 6.76. The summed E-state index contributed by atoms with van der Waals surface area (Å²) in [7, 11) is 0. The third kappa shape index (κ3) is 4.16. The maximum Gasteiger partial charge on any atom is 0.219 e. The minimum Gasteiger partial charge on any atom is -0.438 e. The number of nitrogens with one attached hydrogen (secondary N) is 1. The van der Waals surface area contributed by atoms with Gasteiger partial charge in [0.2, 0.25) is 5.88 Å². The molecule has 0 spiro atoms. The lowest BCUT2D eigenvalue weighted by Gasteiger charge is -2.09. The van der Waals surface area contributed by atoms with Gasteiger partial charge in [0.1, 0.15) is 11.6 Å². The monoisotopic (exact) mass is 395 g/mol. The van der Waals surface area contributed by atoms with Gasteiger partial charge in [-0.1, -0.05) is 18.2 Å². The van der Waals surface area contributed by atoms with E-state index in [1.165, 1.54) is 12.1 Å².